The summed E-state index contributed by atoms with van der Waals surface area (Å²) in [7, 11) is -1.36. The summed E-state index contributed by atoms with van der Waals surface area (Å²) in [6.07, 6.45) is 0.163. The van der Waals surface area contributed by atoms with Crippen LogP contribution in [0.1, 0.15) is 11.1 Å². The van der Waals surface area contributed by atoms with Gasteiger partial charge in [0, 0.05) is 25.0 Å². The van der Waals surface area contributed by atoms with Gasteiger partial charge in [-0.3, -0.25) is 13.9 Å². The van der Waals surface area contributed by atoms with Gasteiger partial charge in [0.15, 0.2) is 0 Å². The van der Waals surface area contributed by atoms with Crippen molar-refractivity contribution in [3.8, 4) is 5.75 Å². The summed E-state index contributed by atoms with van der Waals surface area (Å²) < 4.78 is 47.8. The summed E-state index contributed by atoms with van der Waals surface area (Å²) in [6.45, 7) is -0.714. The molecule has 11 heteroatoms. The first kappa shape index (κ1) is 31.5. The quantitative estimate of drug-likeness (QED) is 0.238. The molecule has 1 N–H and O–H groups in total. The Morgan fingerprint density at radius 2 is 1.58 bits per heavy atom. The van der Waals surface area contributed by atoms with Gasteiger partial charge in [-0.15, -0.1) is 0 Å². The maximum absolute atomic E-state index is 14.2. The second kappa shape index (κ2) is 14.2. The van der Waals surface area contributed by atoms with Crippen molar-refractivity contribution >= 4 is 39.1 Å². The number of ether oxygens (including phenoxy) is 1. The van der Waals surface area contributed by atoms with Gasteiger partial charge in [0.2, 0.25) is 11.8 Å². The molecule has 0 aliphatic rings. The highest BCUT2D eigenvalue weighted by Crippen LogP contribution is 2.28. The van der Waals surface area contributed by atoms with Gasteiger partial charge < -0.3 is 15.0 Å². The van der Waals surface area contributed by atoms with Crippen LogP contribution in [0.3, 0.4) is 0 Å². The molecule has 0 fully saturated rings. The highest BCUT2D eigenvalue weighted by molar-refractivity contribution is 7.92. The zero-order valence-electron chi connectivity index (χ0n) is 23.6. The van der Waals surface area contributed by atoms with Crippen LogP contribution in [-0.2, 0) is 32.6 Å². The Labute approximate surface area is 255 Å². The molecule has 0 heterocycles. The Hall–Kier alpha value is -4.41. The van der Waals surface area contributed by atoms with Crippen molar-refractivity contribution in [2.45, 2.75) is 23.9 Å². The molecule has 0 saturated heterocycles. The van der Waals surface area contributed by atoms with Gasteiger partial charge in [0.25, 0.3) is 10.0 Å². The smallest absolute Gasteiger partial charge is 0.264 e. The number of hydrogen-bond acceptors (Lipinski definition) is 5. The Morgan fingerprint density at radius 1 is 0.907 bits per heavy atom. The maximum Gasteiger partial charge on any atom is 0.264 e. The predicted molar refractivity (Wildman–Crippen MR) is 164 cm³/mol. The fraction of sp³-hybridized carbons (Fsp3) is 0.188. The summed E-state index contributed by atoms with van der Waals surface area (Å²) in [5.74, 6) is -1.08. The van der Waals surface area contributed by atoms with Gasteiger partial charge in [-0.25, -0.2) is 12.8 Å². The number of anilines is 1. The summed E-state index contributed by atoms with van der Waals surface area (Å²) in [6, 6.07) is 25.6. The fourth-order valence-corrected chi connectivity index (χ4v) is 6.13. The highest BCUT2D eigenvalue weighted by Gasteiger charge is 2.34. The molecular formula is C32H31ClFN3O5S. The molecule has 0 spiro atoms. The molecule has 0 bridgehead atoms. The van der Waals surface area contributed by atoms with Crippen LogP contribution >= 0.6 is 11.6 Å². The Kier molecular flexibility index (Phi) is 10.4. The van der Waals surface area contributed by atoms with E-state index in [-0.39, 0.29) is 28.6 Å². The first-order valence-electron chi connectivity index (χ1n) is 13.3. The minimum absolute atomic E-state index is 0.0710. The van der Waals surface area contributed by atoms with Crippen molar-refractivity contribution in [2.75, 3.05) is 25.0 Å². The van der Waals surface area contributed by atoms with Crippen LogP contribution in [0.4, 0.5) is 10.1 Å². The van der Waals surface area contributed by atoms with Crippen molar-refractivity contribution in [3.05, 3.63) is 125 Å². The topological polar surface area (TPSA) is 96.0 Å². The van der Waals surface area contributed by atoms with Crippen LogP contribution in [0.5, 0.6) is 5.75 Å². The van der Waals surface area contributed by atoms with Crippen LogP contribution in [0.15, 0.2) is 108 Å². The van der Waals surface area contributed by atoms with E-state index < -0.39 is 40.2 Å². The third-order valence-electron chi connectivity index (χ3n) is 6.81. The SMILES string of the molecule is CNC(=O)C(Cc1ccccc1)N(Cc1ccc(F)cc1)C(=O)CN(c1cccc(Cl)c1)S(=O)(=O)c1ccc(OC)cc1. The molecule has 43 heavy (non-hydrogen) atoms. The molecule has 0 aliphatic carbocycles. The zero-order chi connectivity index (χ0) is 31.0. The third-order valence-corrected chi connectivity index (χ3v) is 8.83. The first-order valence-corrected chi connectivity index (χ1v) is 15.2. The lowest BCUT2D eigenvalue weighted by Crippen LogP contribution is -2.53. The van der Waals surface area contributed by atoms with Gasteiger partial charge in [0.05, 0.1) is 17.7 Å². The number of nitrogens with zero attached hydrogens (tertiary/aromatic N) is 2. The van der Waals surface area contributed by atoms with Gasteiger partial charge in [-0.05, 0) is 65.7 Å². The molecule has 0 radical (unpaired) electrons. The van der Waals surface area contributed by atoms with E-state index in [1.165, 1.54) is 79.7 Å². The van der Waals surface area contributed by atoms with Crippen molar-refractivity contribution in [1.29, 1.82) is 0 Å². The Balaban J connectivity index is 1.78. The number of nitrogens with one attached hydrogen (secondary N) is 1. The molecule has 8 nitrogen and oxygen atoms in total. The van der Waals surface area contributed by atoms with Crippen LogP contribution in [0, 0.1) is 5.82 Å². The first-order chi connectivity index (χ1) is 20.6. The van der Waals surface area contributed by atoms with Crippen LogP contribution in [0.2, 0.25) is 5.02 Å². The van der Waals surface area contributed by atoms with E-state index in [4.69, 9.17) is 16.3 Å². The minimum Gasteiger partial charge on any atom is -0.497 e. The number of carbonyl (C=O) groups is 2. The zero-order valence-corrected chi connectivity index (χ0v) is 25.2. The summed E-state index contributed by atoms with van der Waals surface area (Å²) >= 11 is 6.23. The molecule has 4 aromatic carbocycles. The summed E-state index contributed by atoms with van der Waals surface area (Å²) in [4.78, 5) is 28.7. The molecule has 224 valence electrons. The fourth-order valence-electron chi connectivity index (χ4n) is 4.54. The molecule has 2 amide bonds. The third kappa shape index (κ3) is 7.91. The number of likely N-dealkylation sites (N-methyl/N-ethyl adjacent to an activating group) is 1. The average molecular weight is 624 g/mol. The van der Waals surface area contributed by atoms with Crippen molar-refractivity contribution in [2.24, 2.45) is 0 Å². The molecule has 4 rings (SSSR count). The second-order valence-electron chi connectivity index (χ2n) is 9.63. The number of benzene rings is 4. The Bertz CT molecular complexity index is 1650. The minimum atomic E-state index is -4.29. The van der Waals surface area contributed by atoms with E-state index in [0.717, 1.165) is 9.87 Å². The predicted octanol–water partition coefficient (Wildman–Crippen LogP) is 5.07. The Morgan fingerprint density at radius 3 is 2.19 bits per heavy atom. The van der Waals surface area contributed by atoms with Crippen molar-refractivity contribution < 1.29 is 27.1 Å². The molecule has 1 unspecified atom stereocenters. The number of sulfonamides is 1. The lowest BCUT2D eigenvalue weighted by molar-refractivity contribution is -0.139. The number of halogens is 2. The van der Waals surface area contributed by atoms with Gasteiger partial charge >= 0.3 is 0 Å². The molecule has 0 aromatic heterocycles. The largest absolute Gasteiger partial charge is 0.497 e. The molecule has 0 saturated carbocycles. The molecular weight excluding hydrogens is 593 g/mol. The van der Waals surface area contributed by atoms with Gasteiger partial charge in [0.1, 0.15) is 24.2 Å². The number of methoxy groups -OCH3 is 1. The number of rotatable bonds is 12. The number of hydrogen-bond donors (Lipinski definition) is 1. The van der Waals surface area contributed by atoms with E-state index in [9.17, 15) is 22.4 Å². The standard InChI is InChI=1S/C32H31ClFN3O5S/c1-35-32(39)30(19-23-7-4-3-5-8-23)36(21-24-11-13-26(34)14-12-24)31(38)22-37(27-10-6-9-25(33)20-27)43(40,41)29-17-15-28(42-2)16-18-29/h3-18,20,30H,19,21-22H2,1-2H3,(H,35,39). The van der Waals surface area contributed by atoms with Crippen molar-refractivity contribution in [1.82, 2.24) is 10.2 Å². The van der Waals surface area contributed by atoms with Gasteiger partial charge in [-0.1, -0.05) is 60.1 Å². The monoisotopic (exact) mass is 623 g/mol. The second-order valence-corrected chi connectivity index (χ2v) is 11.9. The summed E-state index contributed by atoms with van der Waals surface area (Å²) in [5, 5.41) is 2.89. The van der Waals surface area contributed by atoms with Crippen molar-refractivity contribution in [3.63, 3.8) is 0 Å². The molecule has 0 aliphatic heterocycles. The van der Waals surface area contributed by atoms with Crippen LogP contribution in [-0.4, -0.2) is 51.9 Å². The van der Waals surface area contributed by atoms with E-state index in [2.05, 4.69) is 5.32 Å². The van der Waals surface area contributed by atoms with Crippen LogP contribution < -0.4 is 14.4 Å². The highest BCUT2D eigenvalue weighted by atomic mass is 35.5. The average Bonchev–Trinajstić information content (AvgIpc) is 3.02. The van der Waals surface area contributed by atoms with E-state index in [0.29, 0.717) is 11.3 Å². The van der Waals surface area contributed by atoms with E-state index >= 15 is 0 Å². The normalized spacial score (nSPS) is 11.8. The van der Waals surface area contributed by atoms with E-state index in [1.807, 2.05) is 30.3 Å². The lowest BCUT2D eigenvalue weighted by Gasteiger charge is -2.33. The number of amides is 2. The summed E-state index contributed by atoms with van der Waals surface area (Å²) in [5.41, 5.74) is 1.52. The lowest BCUT2D eigenvalue weighted by atomic mass is 10.0. The molecule has 4 aromatic rings. The van der Waals surface area contributed by atoms with Gasteiger partial charge in [-0.2, -0.15) is 0 Å². The number of carbonyl (C=O) groups excluding carboxylic acids is 2. The van der Waals surface area contributed by atoms with E-state index in [1.54, 1.807) is 12.1 Å². The molecule has 1 atom stereocenters. The van der Waals surface area contributed by atoms with Crippen LogP contribution in [0.25, 0.3) is 0 Å². The maximum atomic E-state index is 14.2.